The number of nitrogens with zero attached hydrogens (tertiary/aromatic N) is 1. The highest BCUT2D eigenvalue weighted by Crippen LogP contribution is 2.19. The lowest BCUT2D eigenvalue weighted by Crippen LogP contribution is -2.28. The second-order valence-electron chi connectivity index (χ2n) is 5.31. The van der Waals surface area contributed by atoms with Gasteiger partial charge in [0, 0.05) is 24.9 Å². The molecule has 1 aromatic heterocycles. The minimum Gasteiger partial charge on any atom is -0.378 e. The summed E-state index contributed by atoms with van der Waals surface area (Å²) in [6.45, 7) is 5.65. The molecule has 0 aromatic carbocycles. The summed E-state index contributed by atoms with van der Waals surface area (Å²) in [5.74, 6) is 0. The molecule has 2 unspecified atom stereocenters. The van der Waals surface area contributed by atoms with Crippen LogP contribution in [0.5, 0.6) is 0 Å². The highest BCUT2D eigenvalue weighted by atomic mass is 16.5. The zero-order valence-electron chi connectivity index (χ0n) is 12.4. The lowest BCUT2D eigenvalue weighted by atomic mass is 10.2. The molecule has 1 aliphatic heterocycles. The van der Waals surface area contributed by atoms with Crippen LogP contribution in [-0.4, -0.2) is 43.5 Å². The van der Waals surface area contributed by atoms with E-state index in [0.717, 1.165) is 44.7 Å². The van der Waals surface area contributed by atoms with Crippen LogP contribution in [0.3, 0.4) is 0 Å². The number of pyridine rings is 1. The van der Waals surface area contributed by atoms with Crippen LogP contribution in [0, 0.1) is 0 Å². The Morgan fingerprint density at radius 3 is 3.05 bits per heavy atom. The first-order valence-electron chi connectivity index (χ1n) is 7.72. The van der Waals surface area contributed by atoms with Gasteiger partial charge in [-0.1, -0.05) is 13.0 Å². The quantitative estimate of drug-likeness (QED) is 0.703. The molecule has 112 valence electrons. The lowest BCUT2D eigenvalue weighted by molar-refractivity contribution is -0.0136. The number of nitrogens with one attached hydrogen (secondary N) is 1. The molecule has 2 rings (SSSR count). The van der Waals surface area contributed by atoms with Gasteiger partial charge in [0.15, 0.2) is 0 Å². The van der Waals surface area contributed by atoms with E-state index < -0.39 is 0 Å². The SMILES string of the molecule is CCCNCC1CCC(COCCc2ccccn2)O1. The number of aromatic nitrogens is 1. The zero-order valence-corrected chi connectivity index (χ0v) is 12.4. The Morgan fingerprint density at radius 1 is 1.35 bits per heavy atom. The minimum atomic E-state index is 0.271. The molecule has 0 aliphatic carbocycles. The highest BCUT2D eigenvalue weighted by Gasteiger charge is 2.24. The molecule has 0 spiro atoms. The van der Waals surface area contributed by atoms with E-state index in [-0.39, 0.29) is 6.10 Å². The summed E-state index contributed by atoms with van der Waals surface area (Å²) in [5, 5.41) is 3.41. The summed E-state index contributed by atoms with van der Waals surface area (Å²) >= 11 is 0. The third-order valence-corrected chi connectivity index (χ3v) is 3.53. The van der Waals surface area contributed by atoms with E-state index in [1.54, 1.807) is 0 Å². The van der Waals surface area contributed by atoms with E-state index >= 15 is 0 Å². The molecule has 2 atom stereocenters. The monoisotopic (exact) mass is 278 g/mol. The van der Waals surface area contributed by atoms with Crippen molar-refractivity contribution in [3.63, 3.8) is 0 Å². The standard InChI is InChI=1S/C16H26N2O2/c1-2-9-17-12-15-6-7-16(20-15)13-19-11-8-14-5-3-4-10-18-14/h3-5,10,15-17H,2,6-9,11-13H2,1H3. The molecule has 0 bridgehead atoms. The average molecular weight is 278 g/mol. The predicted molar refractivity (Wildman–Crippen MR) is 79.8 cm³/mol. The van der Waals surface area contributed by atoms with Crippen molar-refractivity contribution >= 4 is 0 Å². The fourth-order valence-corrected chi connectivity index (χ4v) is 2.43. The summed E-state index contributed by atoms with van der Waals surface area (Å²) in [6.07, 6.45) is 6.76. The van der Waals surface area contributed by atoms with Crippen molar-refractivity contribution in [2.75, 3.05) is 26.3 Å². The van der Waals surface area contributed by atoms with Gasteiger partial charge in [-0.2, -0.15) is 0 Å². The lowest BCUT2D eigenvalue weighted by Gasteiger charge is -2.14. The largest absolute Gasteiger partial charge is 0.378 e. The third-order valence-electron chi connectivity index (χ3n) is 3.53. The van der Waals surface area contributed by atoms with Gasteiger partial charge in [-0.05, 0) is 37.9 Å². The Hall–Kier alpha value is -0.970. The van der Waals surface area contributed by atoms with Gasteiger partial charge in [-0.25, -0.2) is 0 Å². The number of ether oxygens (including phenoxy) is 2. The molecule has 1 aliphatic rings. The zero-order chi connectivity index (χ0) is 14.0. The van der Waals surface area contributed by atoms with Crippen LogP contribution < -0.4 is 5.32 Å². The Labute approximate surface area is 121 Å². The van der Waals surface area contributed by atoms with Crippen LogP contribution in [-0.2, 0) is 15.9 Å². The molecule has 1 aromatic rings. The van der Waals surface area contributed by atoms with Crippen molar-refractivity contribution in [3.05, 3.63) is 30.1 Å². The van der Waals surface area contributed by atoms with Crippen molar-refractivity contribution in [1.82, 2.24) is 10.3 Å². The molecule has 4 heteroatoms. The first-order chi connectivity index (χ1) is 9.88. The van der Waals surface area contributed by atoms with E-state index in [4.69, 9.17) is 9.47 Å². The van der Waals surface area contributed by atoms with E-state index in [1.807, 2.05) is 24.4 Å². The van der Waals surface area contributed by atoms with Crippen molar-refractivity contribution in [2.24, 2.45) is 0 Å². The van der Waals surface area contributed by atoms with E-state index in [9.17, 15) is 0 Å². The van der Waals surface area contributed by atoms with Gasteiger partial charge in [0.2, 0.25) is 0 Å². The molecule has 0 radical (unpaired) electrons. The Kier molecular flexibility index (Phi) is 6.98. The first-order valence-corrected chi connectivity index (χ1v) is 7.72. The van der Waals surface area contributed by atoms with Crippen LogP contribution in [0.1, 0.15) is 31.9 Å². The van der Waals surface area contributed by atoms with Gasteiger partial charge < -0.3 is 14.8 Å². The summed E-state index contributed by atoms with van der Waals surface area (Å²) in [6, 6.07) is 5.98. The Balaban J connectivity index is 1.52. The number of hydrogen-bond donors (Lipinski definition) is 1. The maximum Gasteiger partial charge on any atom is 0.0813 e. The van der Waals surface area contributed by atoms with Crippen molar-refractivity contribution in [3.8, 4) is 0 Å². The van der Waals surface area contributed by atoms with Crippen molar-refractivity contribution in [2.45, 2.75) is 44.8 Å². The van der Waals surface area contributed by atoms with E-state index in [2.05, 4.69) is 17.2 Å². The van der Waals surface area contributed by atoms with Gasteiger partial charge in [0.25, 0.3) is 0 Å². The maximum absolute atomic E-state index is 5.96. The second-order valence-corrected chi connectivity index (χ2v) is 5.31. The Bertz CT molecular complexity index is 359. The van der Waals surface area contributed by atoms with Crippen LogP contribution in [0.4, 0.5) is 0 Å². The molecule has 1 N–H and O–H groups in total. The molecular formula is C16H26N2O2. The molecule has 1 saturated heterocycles. The molecule has 20 heavy (non-hydrogen) atoms. The average Bonchev–Trinajstić information content (AvgIpc) is 2.93. The summed E-state index contributed by atoms with van der Waals surface area (Å²) in [7, 11) is 0. The van der Waals surface area contributed by atoms with Crippen LogP contribution in [0.25, 0.3) is 0 Å². The fraction of sp³-hybridized carbons (Fsp3) is 0.688. The van der Waals surface area contributed by atoms with Gasteiger partial charge in [0.1, 0.15) is 0 Å². The van der Waals surface area contributed by atoms with Crippen molar-refractivity contribution in [1.29, 1.82) is 0 Å². The summed E-state index contributed by atoms with van der Waals surface area (Å²) in [4.78, 5) is 4.28. The van der Waals surface area contributed by atoms with E-state index in [1.165, 1.54) is 6.42 Å². The van der Waals surface area contributed by atoms with Gasteiger partial charge >= 0.3 is 0 Å². The van der Waals surface area contributed by atoms with Crippen LogP contribution in [0.15, 0.2) is 24.4 Å². The molecule has 0 amide bonds. The topological polar surface area (TPSA) is 43.4 Å². The normalized spacial score (nSPS) is 22.2. The summed E-state index contributed by atoms with van der Waals surface area (Å²) < 4.78 is 11.7. The van der Waals surface area contributed by atoms with E-state index in [0.29, 0.717) is 12.7 Å². The van der Waals surface area contributed by atoms with Gasteiger partial charge in [-0.3, -0.25) is 4.98 Å². The first kappa shape index (κ1) is 15.4. The molecular weight excluding hydrogens is 252 g/mol. The third kappa shape index (κ3) is 5.57. The molecule has 2 heterocycles. The van der Waals surface area contributed by atoms with Gasteiger partial charge in [-0.15, -0.1) is 0 Å². The highest BCUT2D eigenvalue weighted by molar-refractivity contribution is 5.03. The fourth-order valence-electron chi connectivity index (χ4n) is 2.43. The van der Waals surface area contributed by atoms with Crippen molar-refractivity contribution < 1.29 is 9.47 Å². The van der Waals surface area contributed by atoms with Crippen LogP contribution in [0.2, 0.25) is 0 Å². The molecule has 4 nitrogen and oxygen atoms in total. The smallest absolute Gasteiger partial charge is 0.0813 e. The summed E-state index contributed by atoms with van der Waals surface area (Å²) in [5.41, 5.74) is 1.08. The number of rotatable bonds is 9. The van der Waals surface area contributed by atoms with Gasteiger partial charge in [0.05, 0.1) is 25.4 Å². The minimum absolute atomic E-state index is 0.271. The second kappa shape index (κ2) is 9.06. The Morgan fingerprint density at radius 2 is 2.25 bits per heavy atom. The predicted octanol–water partition coefficient (Wildman–Crippen LogP) is 2.19. The maximum atomic E-state index is 5.96. The molecule has 0 saturated carbocycles. The van der Waals surface area contributed by atoms with Crippen LogP contribution >= 0.6 is 0 Å². The molecule has 1 fully saturated rings. The number of hydrogen-bond acceptors (Lipinski definition) is 4.